The second-order valence-corrected chi connectivity index (χ2v) is 4.42. The number of carbonyl (C=O) groups excluding carboxylic acids is 2. The van der Waals surface area contributed by atoms with Crippen LogP contribution < -0.4 is 21.1 Å². The first kappa shape index (κ1) is 13.2. The minimum Gasteiger partial charge on any atom is -0.495 e. The van der Waals surface area contributed by atoms with Crippen LogP contribution >= 0.6 is 0 Å². The Hall–Kier alpha value is -2.24. The molecule has 2 amide bonds. The number of nitrogen functional groups attached to an aromatic ring is 1. The van der Waals surface area contributed by atoms with Crippen LogP contribution in [0.1, 0.15) is 23.2 Å². The molecule has 0 radical (unpaired) electrons. The lowest BCUT2D eigenvalue weighted by molar-refractivity contribution is -0.124. The van der Waals surface area contributed by atoms with Gasteiger partial charge in [0.2, 0.25) is 5.91 Å². The monoisotopic (exact) mass is 263 g/mol. The molecule has 6 nitrogen and oxygen atoms in total. The van der Waals surface area contributed by atoms with Gasteiger partial charge in [0, 0.05) is 12.1 Å². The number of hydrogen-bond acceptors (Lipinski definition) is 4. The van der Waals surface area contributed by atoms with Crippen molar-refractivity contribution < 1.29 is 14.3 Å². The summed E-state index contributed by atoms with van der Waals surface area (Å²) in [6.45, 7) is 0.667. The molecule has 1 unspecified atom stereocenters. The minimum absolute atomic E-state index is 0.138. The molecule has 1 fully saturated rings. The first-order chi connectivity index (χ1) is 9.11. The van der Waals surface area contributed by atoms with Gasteiger partial charge in [-0.15, -0.1) is 0 Å². The number of piperidine rings is 1. The number of anilines is 1. The number of hydrogen-bond donors (Lipinski definition) is 3. The molecular formula is C13H17N3O3. The summed E-state index contributed by atoms with van der Waals surface area (Å²) >= 11 is 0. The zero-order valence-electron chi connectivity index (χ0n) is 10.7. The molecule has 1 atom stereocenters. The van der Waals surface area contributed by atoms with Crippen LogP contribution in [0.4, 0.5) is 5.69 Å². The second kappa shape index (κ2) is 5.60. The van der Waals surface area contributed by atoms with Gasteiger partial charge in [-0.1, -0.05) is 0 Å². The Morgan fingerprint density at radius 2 is 2.32 bits per heavy atom. The molecule has 1 aliphatic rings. The maximum absolute atomic E-state index is 12.0. The zero-order valence-corrected chi connectivity index (χ0v) is 10.7. The van der Waals surface area contributed by atoms with Gasteiger partial charge >= 0.3 is 0 Å². The topological polar surface area (TPSA) is 93.5 Å². The maximum atomic E-state index is 12.0. The number of rotatable bonds is 3. The van der Waals surface area contributed by atoms with Crippen molar-refractivity contribution in [2.75, 3.05) is 19.4 Å². The molecule has 1 heterocycles. The van der Waals surface area contributed by atoms with Gasteiger partial charge in [-0.2, -0.15) is 0 Å². The fraction of sp³-hybridized carbons (Fsp3) is 0.385. The lowest BCUT2D eigenvalue weighted by Crippen LogP contribution is -2.50. The zero-order chi connectivity index (χ0) is 13.8. The van der Waals surface area contributed by atoms with Crippen molar-refractivity contribution in [1.29, 1.82) is 0 Å². The smallest absolute Gasteiger partial charge is 0.252 e. The number of benzene rings is 1. The lowest BCUT2D eigenvalue weighted by atomic mass is 10.1. The predicted molar refractivity (Wildman–Crippen MR) is 70.9 cm³/mol. The largest absolute Gasteiger partial charge is 0.495 e. The molecule has 1 aliphatic heterocycles. The van der Waals surface area contributed by atoms with E-state index in [1.54, 1.807) is 12.1 Å². The van der Waals surface area contributed by atoms with Crippen molar-refractivity contribution >= 4 is 17.5 Å². The van der Waals surface area contributed by atoms with Crippen LogP contribution in [0.15, 0.2) is 18.2 Å². The van der Waals surface area contributed by atoms with E-state index in [4.69, 9.17) is 10.5 Å². The van der Waals surface area contributed by atoms with E-state index in [9.17, 15) is 9.59 Å². The van der Waals surface area contributed by atoms with Crippen molar-refractivity contribution in [3.05, 3.63) is 23.8 Å². The molecule has 4 N–H and O–H groups in total. The highest BCUT2D eigenvalue weighted by Gasteiger charge is 2.24. The van der Waals surface area contributed by atoms with Gasteiger partial charge in [-0.3, -0.25) is 9.59 Å². The van der Waals surface area contributed by atoms with Crippen LogP contribution in [0.5, 0.6) is 5.75 Å². The lowest BCUT2D eigenvalue weighted by Gasteiger charge is -2.22. The summed E-state index contributed by atoms with van der Waals surface area (Å²) in [7, 11) is 1.51. The second-order valence-electron chi connectivity index (χ2n) is 4.42. The van der Waals surface area contributed by atoms with Crippen LogP contribution in [-0.2, 0) is 4.79 Å². The molecule has 6 heteroatoms. The third kappa shape index (κ3) is 2.96. The number of carbonyl (C=O) groups is 2. The fourth-order valence-corrected chi connectivity index (χ4v) is 2.03. The summed E-state index contributed by atoms with van der Waals surface area (Å²) < 4.78 is 5.03. The van der Waals surface area contributed by atoms with Gasteiger partial charge in [0.05, 0.1) is 12.8 Å². The van der Waals surface area contributed by atoms with E-state index in [0.29, 0.717) is 30.0 Å². The summed E-state index contributed by atoms with van der Waals surface area (Å²) in [5.74, 6) is 0.0736. The van der Waals surface area contributed by atoms with E-state index in [2.05, 4.69) is 10.6 Å². The van der Waals surface area contributed by atoms with Crippen LogP contribution in [0.25, 0.3) is 0 Å². The third-order valence-electron chi connectivity index (χ3n) is 3.08. The molecule has 0 aliphatic carbocycles. The van der Waals surface area contributed by atoms with Crippen molar-refractivity contribution in [1.82, 2.24) is 10.6 Å². The minimum atomic E-state index is -0.468. The average molecular weight is 263 g/mol. The molecule has 1 aromatic carbocycles. The Balaban J connectivity index is 2.07. The predicted octanol–water partition coefficient (Wildman–Crippen LogP) is 0.286. The van der Waals surface area contributed by atoms with Gasteiger partial charge < -0.3 is 21.1 Å². The Labute approximate surface area is 111 Å². The molecule has 0 saturated carbocycles. The average Bonchev–Trinajstić information content (AvgIpc) is 2.41. The van der Waals surface area contributed by atoms with Gasteiger partial charge in [0.1, 0.15) is 11.8 Å². The molecule has 1 aromatic rings. The molecule has 102 valence electrons. The Kier molecular flexibility index (Phi) is 3.89. The van der Waals surface area contributed by atoms with E-state index in [1.807, 2.05) is 0 Å². The first-order valence-electron chi connectivity index (χ1n) is 6.14. The quantitative estimate of drug-likeness (QED) is 0.683. The van der Waals surface area contributed by atoms with E-state index in [-0.39, 0.29) is 11.8 Å². The highest BCUT2D eigenvalue weighted by molar-refractivity contribution is 5.98. The van der Waals surface area contributed by atoms with Crippen LogP contribution in [0.3, 0.4) is 0 Å². The van der Waals surface area contributed by atoms with Crippen LogP contribution in [-0.4, -0.2) is 31.5 Å². The summed E-state index contributed by atoms with van der Waals surface area (Å²) in [4.78, 5) is 23.6. The number of ether oxygens (including phenoxy) is 1. The molecule has 0 spiro atoms. The highest BCUT2D eigenvalue weighted by atomic mass is 16.5. The van der Waals surface area contributed by atoms with Crippen molar-refractivity contribution in [3.8, 4) is 5.75 Å². The molecular weight excluding hydrogens is 246 g/mol. The molecule has 19 heavy (non-hydrogen) atoms. The summed E-state index contributed by atoms with van der Waals surface area (Å²) in [6, 6.07) is 4.32. The number of amides is 2. The van der Waals surface area contributed by atoms with E-state index < -0.39 is 6.04 Å². The molecule has 0 aromatic heterocycles. The fourth-order valence-electron chi connectivity index (χ4n) is 2.03. The van der Waals surface area contributed by atoms with Gasteiger partial charge in [-0.05, 0) is 31.0 Å². The van der Waals surface area contributed by atoms with Gasteiger partial charge in [0.15, 0.2) is 0 Å². The third-order valence-corrected chi connectivity index (χ3v) is 3.08. The Morgan fingerprint density at radius 1 is 1.53 bits per heavy atom. The van der Waals surface area contributed by atoms with Crippen LogP contribution in [0, 0.1) is 0 Å². The normalized spacial score (nSPS) is 18.6. The SMILES string of the molecule is COc1ccc(C(=O)NC2CCCNC2=O)cc1N. The highest BCUT2D eigenvalue weighted by Crippen LogP contribution is 2.21. The number of nitrogens with two attached hydrogens (primary N) is 1. The molecule has 2 rings (SSSR count). The summed E-state index contributed by atoms with van der Waals surface area (Å²) in [5, 5.41) is 5.42. The number of methoxy groups -OCH3 is 1. The van der Waals surface area contributed by atoms with Crippen molar-refractivity contribution in [3.63, 3.8) is 0 Å². The Bertz CT molecular complexity index is 502. The Morgan fingerprint density at radius 3 is 2.95 bits per heavy atom. The van der Waals surface area contributed by atoms with E-state index in [0.717, 1.165) is 6.42 Å². The number of nitrogens with one attached hydrogen (secondary N) is 2. The summed E-state index contributed by atoms with van der Waals surface area (Å²) in [5.41, 5.74) is 6.55. The van der Waals surface area contributed by atoms with E-state index >= 15 is 0 Å². The van der Waals surface area contributed by atoms with Crippen LogP contribution in [0.2, 0.25) is 0 Å². The van der Waals surface area contributed by atoms with Gasteiger partial charge in [-0.25, -0.2) is 0 Å². The van der Waals surface area contributed by atoms with Crippen molar-refractivity contribution in [2.45, 2.75) is 18.9 Å². The van der Waals surface area contributed by atoms with E-state index in [1.165, 1.54) is 13.2 Å². The summed E-state index contributed by atoms with van der Waals surface area (Å²) in [6.07, 6.45) is 1.52. The maximum Gasteiger partial charge on any atom is 0.252 e. The molecule has 1 saturated heterocycles. The first-order valence-corrected chi connectivity index (χ1v) is 6.14. The standard InChI is InChI=1S/C13H17N3O3/c1-19-11-5-4-8(7-9(11)14)12(17)16-10-3-2-6-15-13(10)18/h4-5,7,10H,2-3,6,14H2,1H3,(H,15,18)(H,16,17). The van der Waals surface area contributed by atoms with Gasteiger partial charge in [0.25, 0.3) is 5.91 Å². The molecule has 0 bridgehead atoms. The van der Waals surface area contributed by atoms with Crippen molar-refractivity contribution in [2.24, 2.45) is 0 Å².